The lowest BCUT2D eigenvalue weighted by molar-refractivity contribution is -0.118. The van der Waals surface area contributed by atoms with E-state index in [1.807, 2.05) is 24.3 Å². The van der Waals surface area contributed by atoms with Crippen molar-refractivity contribution in [3.05, 3.63) is 66.2 Å². The van der Waals surface area contributed by atoms with E-state index < -0.39 is 15.4 Å². The summed E-state index contributed by atoms with van der Waals surface area (Å²) in [7, 11) is -3.68. The summed E-state index contributed by atoms with van der Waals surface area (Å²) in [4.78, 5) is 18.0. The van der Waals surface area contributed by atoms with E-state index in [1.54, 1.807) is 36.4 Å². The third-order valence-corrected chi connectivity index (χ3v) is 9.36. The Bertz CT molecular complexity index is 1450. The van der Waals surface area contributed by atoms with E-state index in [0.717, 1.165) is 30.4 Å². The van der Waals surface area contributed by atoms with Crippen LogP contribution in [0.25, 0.3) is 11.3 Å². The average molecular weight is 522 g/mol. The van der Waals surface area contributed by atoms with E-state index in [4.69, 9.17) is 9.47 Å². The van der Waals surface area contributed by atoms with Crippen molar-refractivity contribution < 1.29 is 27.8 Å². The SMILES string of the molecule is O=C(Nc1cccc(-c2ccc(S(=O)(=O)N3CCC[C@@H]3CO)cc2)n1)C1(c2ccc3c(c2)OCO3)CC1. The molecule has 1 atom stereocenters. The third-order valence-electron chi connectivity index (χ3n) is 7.39. The molecule has 1 aromatic heterocycles. The topological polar surface area (TPSA) is 118 Å². The molecule has 1 aliphatic carbocycles. The Morgan fingerprint density at radius 2 is 1.86 bits per heavy atom. The minimum atomic E-state index is -3.68. The second-order valence-corrected chi connectivity index (χ2v) is 11.5. The fraction of sp³-hybridized carbons (Fsp3) is 0.333. The fourth-order valence-electron chi connectivity index (χ4n) is 5.11. The van der Waals surface area contributed by atoms with Gasteiger partial charge in [-0.25, -0.2) is 13.4 Å². The zero-order chi connectivity index (χ0) is 25.6. The standard InChI is InChI=1S/C27H27N3O6S/c31-16-20-3-2-14-30(20)37(33,34)21-9-6-18(7-10-21)22-4-1-5-25(28-22)29-26(32)27(12-13-27)19-8-11-23-24(15-19)36-17-35-23/h1,4-11,15,20,31H,2-3,12-14,16-17H2,(H,28,29,32)/t20-/m1/s1. The van der Waals surface area contributed by atoms with Crippen LogP contribution in [-0.4, -0.2) is 54.7 Å². The van der Waals surface area contributed by atoms with Crippen molar-refractivity contribution in [3.8, 4) is 22.8 Å². The van der Waals surface area contributed by atoms with Gasteiger partial charge in [0.15, 0.2) is 11.5 Å². The molecule has 1 saturated carbocycles. The summed E-state index contributed by atoms with van der Waals surface area (Å²) in [6.45, 7) is 0.408. The molecule has 2 aliphatic heterocycles. The molecule has 3 aromatic rings. The van der Waals surface area contributed by atoms with Gasteiger partial charge in [-0.1, -0.05) is 24.3 Å². The zero-order valence-corrected chi connectivity index (χ0v) is 20.9. The Morgan fingerprint density at radius 1 is 1.08 bits per heavy atom. The maximum atomic E-state index is 13.3. The number of amides is 1. The maximum absolute atomic E-state index is 13.3. The van der Waals surface area contributed by atoms with E-state index in [2.05, 4.69) is 10.3 Å². The smallest absolute Gasteiger partial charge is 0.243 e. The number of benzene rings is 2. The molecule has 1 amide bonds. The van der Waals surface area contributed by atoms with Crippen LogP contribution in [0.1, 0.15) is 31.2 Å². The number of carbonyl (C=O) groups excluding carboxylic acids is 1. The number of rotatable bonds is 7. The van der Waals surface area contributed by atoms with Crippen molar-refractivity contribution in [2.24, 2.45) is 0 Å². The highest BCUT2D eigenvalue weighted by molar-refractivity contribution is 7.89. The summed E-state index contributed by atoms with van der Waals surface area (Å²) in [6.07, 6.45) is 2.87. The Labute approximate surface area is 215 Å². The van der Waals surface area contributed by atoms with Crippen molar-refractivity contribution >= 4 is 21.7 Å². The van der Waals surface area contributed by atoms with E-state index in [0.29, 0.717) is 36.0 Å². The summed E-state index contributed by atoms with van der Waals surface area (Å²) in [5.41, 5.74) is 1.62. The largest absolute Gasteiger partial charge is 0.454 e. The van der Waals surface area contributed by atoms with Crippen molar-refractivity contribution in [2.45, 2.75) is 42.0 Å². The number of aliphatic hydroxyl groups is 1. The molecule has 1 saturated heterocycles. The molecule has 0 spiro atoms. The van der Waals surface area contributed by atoms with Gasteiger partial charge in [0.2, 0.25) is 22.7 Å². The molecule has 2 aromatic carbocycles. The molecule has 37 heavy (non-hydrogen) atoms. The van der Waals surface area contributed by atoms with Crippen LogP contribution in [0.4, 0.5) is 5.82 Å². The van der Waals surface area contributed by atoms with Gasteiger partial charge in [-0.15, -0.1) is 0 Å². The highest BCUT2D eigenvalue weighted by Crippen LogP contribution is 2.51. The van der Waals surface area contributed by atoms with Crippen molar-refractivity contribution in [2.75, 3.05) is 25.3 Å². The molecule has 6 rings (SSSR count). The van der Waals surface area contributed by atoms with Gasteiger partial charge in [-0.3, -0.25) is 4.79 Å². The van der Waals surface area contributed by atoms with Gasteiger partial charge in [0.05, 0.1) is 22.6 Å². The number of aromatic nitrogens is 1. The van der Waals surface area contributed by atoms with Gasteiger partial charge < -0.3 is 19.9 Å². The van der Waals surface area contributed by atoms with Crippen molar-refractivity contribution in [1.29, 1.82) is 0 Å². The normalized spacial score (nSPS) is 20.1. The van der Waals surface area contributed by atoms with Crippen LogP contribution < -0.4 is 14.8 Å². The molecule has 3 heterocycles. The molecule has 2 N–H and O–H groups in total. The van der Waals surface area contributed by atoms with Crippen LogP contribution in [0.3, 0.4) is 0 Å². The molecule has 192 valence electrons. The highest BCUT2D eigenvalue weighted by atomic mass is 32.2. The molecule has 0 radical (unpaired) electrons. The predicted octanol–water partition coefficient (Wildman–Crippen LogP) is 3.29. The first-order valence-corrected chi connectivity index (χ1v) is 13.8. The molecular weight excluding hydrogens is 494 g/mol. The lowest BCUT2D eigenvalue weighted by atomic mass is 9.94. The van der Waals surface area contributed by atoms with E-state index in [1.165, 1.54) is 4.31 Å². The fourth-order valence-corrected chi connectivity index (χ4v) is 6.79. The zero-order valence-electron chi connectivity index (χ0n) is 20.1. The first kappa shape index (κ1) is 23.9. The molecule has 10 heteroatoms. The van der Waals surface area contributed by atoms with Gasteiger partial charge in [-0.05, 0) is 67.6 Å². The monoisotopic (exact) mass is 521 g/mol. The van der Waals surface area contributed by atoms with Crippen molar-refractivity contribution in [1.82, 2.24) is 9.29 Å². The number of nitrogens with zero attached hydrogens (tertiary/aromatic N) is 2. The summed E-state index contributed by atoms with van der Waals surface area (Å²) < 4.78 is 38.3. The van der Waals surface area contributed by atoms with Crippen LogP contribution >= 0.6 is 0 Å². The third kappa shape index (κ3) is 4.24. The summed E-state index contributed by atoms with van der Waals surface area (Å²) >= 11 is 0. The number of aliphatic hydroxyl groups excluding tert-OH is 1. The number of ether oxygens (including phenoxy) is 2. The number of hydrogen-bond acceptors (Lipinski definition) is 7. The average Bonchev–Trinajstić information content (AvgIpc) is 3.35. The predicted molar refractivity (Wildman–Crippen MR) is 136 cm³/mol. The van der Waals surface area contributed by atoms with E-state index >= 15 is 0 Å². The number of anilines is 1. The van der Waals surface area contributed by atoms with Crippen LogP contribution in [0.15, 0.2) is 65.6 Å². The quantitative estimate of drug-likeness (QED) is 0.490. The van der Waals surface area contributed by atoms with Gasteiger partial charge in [0.25, 0.3) is 0 Å². The van der Waals surface area contributed by atoms with E-state index in [-0.39, 0.29) is 30.2 Å². The Hall–Kier alpha value is -3.47. The molecule has 0 bridgehead atoms. The van der Waals surface area contributed by atoms with E-state index in [9.17, 15) is 18.3 Å². The lowest BCUT2D eigenvalue weighted by Crippen LogP contribution is -2.37. The summed E-state index contributed by atoms with van der Waals surface area (Å²) in [6, 6.07) is 17.1. The maximum Gasteiger partial charge on any atom is 0.243 e. The van der Waals surface area contributed by atoms with Gasteiger partial charge in [-0.2, -0.15) is 4.31 Å². The van der Waals surface area contributed by atoms with Gasteiger partial charge in [0, 0.05) is 18.2 Å². The number of fused-ring (bicyclic) bond motifs is 1. The second kappa shape index (κ2) is 9.13. The number of pyridine rings is 1. The Balaban J connectivity index is 1.19. The number of nitrogens with one attached hydrogen (secondary N) is 1. The molecule has 3 aliphatic rings. The molecular formula is C27H27N3O6S. The summed E-state index contributed by atoms with van der Waals surface area (Å²) in [5.74, 6) is 1.64. The second-order valence-electron chi connectivity index (χ2n) is 9.63. The Kier molecular flexibility index (Phi) is 5.89. The number of hydrogen-bond donors (Lipinski definition) is 2. The lowest BCUT2D eigenvalue weighted by Gasteiger charge is -2.22. The molecule has 9 nitrogen and oxygen atoms in total. The Morgan fingerprint density at radius 3 is 2.62 bits per heavy atom. The first-order chi connectivity index (χ1) is 17.9. The van der Waals surface area contributed by atoms with Crippen molar-refractivity contribution in [3.63, 3.8) is 0 Å². The van der Waals surface area contributed by atoms with Gasteiger partial charge in [0.1, 0.15) is 5.82 Å². The first-order valence-electron chi connectivity index (χ1n) is 12.3. The van der Waals surface area contributed by atoms with Crippen LogP contribution in [0.5, 0.6) is 11.5 Å². The summed E-state index contributed by atoms with van der Waals surface area (Å²) in [5, 5.41) is 12.5. The van der Waals surface area contributed by atoms with Gasteiger partial charge >= 0.3 is 0 Å². The minimum Gasteiger partial charge on any atom is -0.454 e. The molecule has 2 fully saturated rings. The van der Waals surface area contributed by atoms with Crippen LogP contribution in [0, 0.1) is 0 Å². The van der Waals surface area contributed by atoms with Crippen LogP contribution in [0.2, 0.25) is 0 Å². The minimum absolute atomic E-state index is 0.124. The van der Waals surface area contributed by atoms with Crippen LogP contribution in [-0.2, 0) is 20.2 Å². The number of sulfonamides is 1. The highest BCUT2D eigenvalue weighted by Gasteiger charge is 2.51. The molecule has 0 unspecified atom stereocenters. The number of carbonyl (C=O) groups is 1.